The third-order valence-electron chi connectivity index (χ3n) is 1.11. The lowest BCUT2D eigenvalue weighted by Crippen LogP contribution is -1.91. The van der Waals surface area contributed by atoms with E-state index >= 15 is 0 Å². The van der Waals surface area contributed by atoms with E-state index in [0.717, 1.165) is 5.57 Å². The minimum absolute atomic E-state index is 0.514. The van der Waals surface area contributed by atoms with Gasteiger partial charge in [0.15, 0.2) is 0 Å². The average molecular weight is 137 g/mol. The molecule has 0 rings (SSSR count). The lowest BCUT2D eigenvalue weighted by atomic mass is 10.1. The molecular weight excluding hydrogens is 122 g/mol. The van der Waals surface area contributed by atoms with Crippen LogP contribution in [0, 0.1) is 11.3 Å². The highest BCUT2D eigenvalue weighted by Crippen LogP contribution is 1.97. The molecule has 0 aliphatic rings. The van der Waals surface area contributed by atoms with Gasteiger partial charge < -0.3 is 5.41 Å². The van der Waals surface area contributed by atoms with Gasteiger partial charge in [-0.3, -0.25) is 0 Å². The summed E-state index contributed by atoms with van der Waals surface area (Å²) in [4.78, 5) is 0. The van der Waals surface area contributed by atoms with Crippen LogP contribution in [0.15, 0.2) is 24.3 Å². The summed E-state index contributed by atoms with van der Waals surface area (Å²) in [6.45, 7) is 9.67. The Bertz CT molecular complexity index is 164. The molecule has 0 spiro atoms. The first-order chi connectivity index (χ1) is 4.54. The van der Waals surface area contributed by atoms with Crippen LogP contribution in [0.25, 0.3) is 0 Å². The number of nitrogens with one attached hydrogen (secondary N) is 1. The summed E-state index contributed by atoms with van der Waals surface area (Å²) in [5.41, 5.74) is 1.34. The Kier molecular flexibility index (Phi) is 3.70. The molecule has 0 aliphatic heterocycles. The second kappa shape index (κ2) is 4.04. The quantitative estimate of drug-likeness (QED) is 0.578. The molecule has 0 aromatic rings. The lowest BCUT2D eigenvalue weighted by molar-refractivity contribution is 0.832. The molecule has 1 nitrogen and oxygen atoms in total. The molecule has 0 aliphatic carbocycles. The van der Waals surface area contributed by atoms with E-state index in [4.69, 9.17) is 5.41 Å². The van der Waals surface area contributed by atoms with Crippen molar-refractivity contribution in [2.24, 2.45) is 5.92 Å². The minimum atomic E-state index is 0.514. The van der Waals surface area contributed by atoms with Crippen molar-refractivity contribution in [3.8, 4) is 0 Å². The maximum absolute atomic E-state index is 7.35. The fourth-order valence-corrected chi connectivity index (χ4v) is 0.431. The third-order valence-corrected chi connectivity index (χ3v) is 1.11. The molecule has 1 heteroatoms. The molecular formula is C9H15N. The molecule has 0 fully saturated rings. The van der Waals surface area contributed by atoms with Crippen LogP contribution < -0.4 is 0 Å². The van der Waals surface area contributed by atoms with Crippen LogP contribution in [0.4, 0.5) is 0 Å². The smallest absolute Gasteiger partial charge is 0.0560 e. The first-order valence-corrected chi connectivity index (χ1v) is 3.46. The third kappa shape index (κ3) is 4.07. The van der Waals surface area contributed by atoms with E-state index < -0.39 is 0 Å². The average Bonchev–Trinajstić information content (AvgIpc) is 1.82. The molecule has 0 aromatic heterocycles. The highest BCUT2D eigenvalue weighted by Gasteiger charge is 1.90. The molecule has 1 N–H and O–H groups in total. The first kappa shape index (κ1) is 9.15. The van der Waals surface area contributed by atoms with Crippen LogP contribution in [0.1, 0.15) is 20.8 Å². The monoisotopic (exact) mass is 137 g/mol. The van der Waals surface area contributed by atoms with Crippen LogP contribution in [-0.4, -0.2) is 5.71 Å². The zero-order valence-corrected chi connectivity index (χ0v) is 6.94. The maximum Gasteiger partial charge on any atom is 0.0560 e. The van der Waals surface area contributed by atoms with E-state index in [1.807, 2.05) is 13.0 Å². The topological polar surface area (TPSA) is 23.9 Å². The standard InChI is InChI=1S/C9H15N/c1-7(2)5-6-9(10)8(3)4/h5-7,10H,3H2,1-2,4H3/b6-5-,10-9?. The van der Waals surface area contributed by atoms with Crippen LogP contribution in [0.5, 0.6) is 0 Å². The molecule has 0 amide bonds. The Balaban J connectivity index is 3.91. The van der Waals surface area contributed by atoms with E-state index in [1.54, 1.807) is 6.08 Å². The van der Waals surface area contributed by atoms with Gasteiger partial charge in [-0.05, 0) is 24.5 Å². The van der Waals surface area contributed by atoms with Crippen LogP contribution in [-0.2, 0) is 0 Å². The van der Waals surface area contributed by atoms with Crippen LogP contribution in [0.2, 0.25) is 0 Å². The van der Waals surface area contributed by atoms with Crippen molar-refractivity contribution in [2.45, 2.75) is 20.8 Å². The number of allylic oxidation sites excluding steroid dienone is 3. The molecule has 0 atom stereocenters. The minimum Gasteiger partial charge on any atom is -0.301 e. The molecule has 0 bridgehead atoms. The van der Waals surface area contributed by atoms with Crippen LogP contribution >= 0.6 is 0 Å². The van der Waals surface area contributed by atoms with Gasteiger partial charge in [0, 0.05) is 0 Å². The van der Waals surface area contributed by atoms with Crippen LogP contribution in [0.3, 0.4) is 0 Å². The van der Waals surface area contributed by atoms with Crippen molar-refractivity contribution >= 4 is 5.71 Å². The summed E-state index contributed by atoms with van der Waals surface area (Å²) < 4.78 is 0. The van der Waals surface area contributed by atoms with Crippen molar-refractivity contribution in [2.75, 3.05) is 0 Å². The lowest BCUT2D eigenvalue weighted by Gasteiger charge is -1.95. The Morgan fingerprint density at radius 1 is 1.50 bits per heavy atom. The predicted octanol–water partition coefficient (Wildman–Crippen LogP) is 2.79. The van der Waals surface area contributed by atoms with Crippen molar-refractivity contribution in [3.63, 3.8) is 0 Å². The summed E-state index contributed by atoms with van der Waals surface area (Å²) >= 11 is 0. The molecule has 0 unspecified atom stereocenters. The van der Waals surface area contributed by atoms with E-state index in [0.29, 0.717) is 11.6 Å². The molecule has 0 heterocycles. The zero-order chi connectivity index (χ0) is 8.15. The van der Waals surface area contributed by atoms with Gasteiger partial charge in [-0.15, -0.1) is 0 Å². The highest BCUT2D eigenvalue weighted by atomic mass is 14.4. The van der Waals surface area contributed by atoms with Gasteiger partial charge in [-0.2, -0.15) is 0 Å². The van der Waals surface area contributed by atoms with Gasteiger partial charge >= 0.3 is 0 Å². The predicted molar refractivity (Wildman–Crippen MR) is 46.5 cm³/mol. The Hall–Kier alpha value is -0.850. The molecule has 0 aromatic carbocycles. The van der Waals surface area contributed by atoms with E-state index in [-0.39, 0.29) is 0 Å². The summed E-state index contributed by atoms with van der Waals surface area (Å²) in [6.07, 6.45) is 3.80. The summed E-state index contributed by atoms with van der Waals surface area (Å²) in [5, 5.41) is 7.35. The second-order valence-corrected chi connectivity index (χ2v) is 2.80. The van der Waals surface area contributed by atoms with Gasteiger partial charge in [-0.25, -0.2) is 0 Å². The van der Waals surface area contributed by atoms with Gasteiger partial charge in [0.25, 0.3) is 0 Å². The molecule has 0 radical (unpaired) electrons. The van der Waals surface area contributed by atoms with Gasteiger partial charge in [-0.1, -0.05) is 26.5 Å². The van der Waals surface area contributed by atoms with Crippen molar-refractivity contribution < 1.29 is 0 Å². The second-order valence-electron chi connectivity index (χ2n) is 2.80. The summed E-state index contributed by atoms with van der Waals surface area (Å²) in [5.74, 6) is 0.514. The zero-order valence-electron chi connectivity index (χ0n) is 6.94. The molecule has 56 valence electrons. The summed E-state index contributed by atoms with van der Waals surface area (Å²) in [6, 6.07) is 0. The fourth-order valence-electron chi connectivity index (χ4n) is 0.431. The van der Waals surface area contributed by atoms with Crippen molar-refractivity contribution in [3.05, 3.63) is 24.3 Å². The normalized spacial score (nSPS) is 10.8. The molecule has 0 saturated carbocycles. The van der Waals surface area contributed by atoms with Gasteiger partial charge in [0.05, 0.1) is 5.71 Å². The van der Waals surface area contributed by atoms with E-state index in [1.165, 1.54) is 0 Å². The van der Waals surface area contributed by atoms with E-state index in [2.05, 4.69) is 20.4 Å². The maximum atomic E-state index is 7.35. The van der Waals surface area contributed by atoms with Crippen molar-refractivity contribution in [1.29, 1.82) is 5.41 Å². The molecule has 10 heavy (non-hydrogen) atoms. The Labute approximate surface area is 63.0 Å². The Morgan fingerprint density at radius 3 is 2.30 bits per heavy atom. The molecule has 0 saturated heterocycles. The largest absolute Gasteiger partial charge is 0.301 e. The SMILES string of the molecule is C=C(C)C(=N)/C=C\C(C)C. The van der Waals surface area contributed by atoms with Gasteiger partial charge in [0.2, 0.25) is 0 Å². The number of hydrogen-bond donors (Lipinski definition) is 1. The number of hydrogen-bond acceptors (Lipinski definition) is 1. The number of rotatable bonds is 3. The van der Waals surface area contributed by atoms with Gasteiger partial charge in [0.1, 0.15) is 0 Å². The van der Waals surface area contributed by atoms with E-state index in [9.17, 15) is 0 Å². The first-order valence-electron chi connectivity index (χ1n) is 3.46. The Morgan fingerprint density at radius 2 is 2.00 bits per heavy atom. The highest BCUT2D eigenvalue weighted by molar-refractivity contribution is 6.05. The summed E-state index contributed by atoms with van der Waals surface area (Å²) in [7, 11) is 0. The van der Waals surface area contributed by atoms with Crippen molar-refractivity contribution in [1.82, 2.24) is 0 Å². The fraction of sp³-hybridized carbons (Fsp3) is 0.444.